The SMILES string of the molecule is CC.O.c1ccc(Cc2ccccc2)cc1. The van der Waals surface area contributed by atoms with E-state index in [-0.39, 0.29) is 5.48 Å². The molecule has 0 aliphatic rings. The van der Waals surface area contributed by atoms with Crippen molar-refractivity contribution >= 4 is 0 Å². The standard InChI is InChI=1S/C13H12.C2H6.H2O/c1-3-7-12(8-4-1)11-13-9-5-2-6-10-13;1-2;/h1-10H,11H2;1-2H3;1H2. The van der Waals surface area contributed by atoms with Gasteiger partial charge in [-0.05, 0) is 17.5 Å². The first-order valence-electron chi connectivity index (χ1n) is 5.53. The fourth-order valence-electron chi connectivity index (χ4n) is 1.43. The minimum Gasteiger partial charge on any atom is -0.412 e. The van der Waals surface area contributed by atoms with E-state index in [1.165, 1.54) is 11.1 Å². The van der Waals surface area contributed by atoms with E-state index in [1.54, 1.807) is 0 Å². The molecule has 0 radical (unpaired) electrons. The summed E-state index contributed by atoms with van der Waals surface area (Å²) in [5, 5.41) is 0. The summed E-state index contributed by atoms with van der Waals surface area (Å²) < 4.78 is 0. The van der Waals surface area contributed by atoms with Gasteiger partial charge in [0, 0.05) is 0 Å². The zero-order chi connectivity index (χ0) is 10.9. The second-order valence-electron chi connectivity index (χ2n) is 3.15. The Morgan fingerprint density at radius 3 is 1.25 bits per heavy atom. The molecule has 0 saturated heterocycles. The maximum Gasteiger partial charge on any atom is -0.00258 e. The van der Waals surface area contributed by atoms with Gasteiger partial charge in [-0.1, -0.05) is 74.5 Å². The second-order valence-corrected chi connectivity index (χ2v) is 3.15. The molecule has 0 aliphatic carbocycles. The molecule has 1 nitrogen and oxygen atoms in total. The molecular weight excluding hydrogens is 196 g/mol. The molecule has 2 rings (SSSR count). The van der Waals surface area contributed by atoms with Crippen molar-refractivity contribution in [1.82, 2.24) is 0 Å². The summed E-state index contributed by atoms with van der Waals surface area (Å²) in [6.45, 7) is 4.00. The largest absolute Gasteiger partial charge is 0.412 e. The van der Waals surface area contributed by atoms with Gasteiger partial charge in [-0.15, -0.1) is 0 Å². The third-order valence-electron chi connectivity index (χ3n) is 2.09. The summed E-state index contributed by atoms with van der Waals surface area (Å²) in [6.07, 6.45) is 1.03. The van der Waals surface area contributed by atoms with Crippen molar-refractivity contribution in [1.29, 1.82) is 0 Å². The molecule has 2 aromatic carbocycles. The van der Waals surface area contributed by atoms with Crippen molar-refractivity contribution in [3.63, 3.8) is 0 Å². The van der Waals surface area contributed by atoms with Gasteiger partial charge in [0.25, 0.3) is 0 Å². The summed E-state index contributed by atoms with van der Waals surface area (Å²) in [5.41, 5.74) is 2.74. The smallest absolute Gasteiger partial charge is 0.00258 e. The van der Waals surface area contributed by atoms with Gasteiger partial charge < -0.3 is 5.48 Å². The van der Waals surface area contributed by atoms with Crippen LogP contribution in [-0.2, 0) is 6.42 Å². The van der Waals surface area contributed by atoms with Gasteiger partial charge >= 0.3 is 0 Å². The first-order valence-corrected chi connectivity index (χ1v) is 5.53. The van der Waals surface area contributed by atoms with Gasteiger partial charge in [-0.3, -0.25) is 0 Å². The maximum absolute atomic E-state index is 2.16. The van der Waals surface area contributed by atoms with Gasteiger partial charge in [0.1, 0.15) is 0 Å². The molecule has 2 aromatic rings. The molecule has 86 valence electrons. The highest BCUT2D eigenvalue weighted by atomic mass is 16.0. The van der Waals surface area contributed by atoms with E-state index in [1.807, 2.05) is 13.8 Å². The summed E-state index contributed by atoms with van der Waals surface area (Å²) in [6, 6.07) is 21.1. The highest BCUT2D eigenvalue weighted by Gasteiger charge is 1.92. The van der Waals surface area contributed by atoms with E-state index in [0.717, 1.165) is 6.42 Å². The van der Waals surface area contributed by atoms with Gasteiger partial charge in [0.05, 0.1) is 0 Å². The third kappa shape index (κ3) is 4.76. The minimum atomic E-state index is 0. The lowest BCUT2D eigenvalue weighted by Crippen LogP contribution is -1.85. The maximum atomic E-state index is 2.16. The van der Waals surface area contributed by atoms with E-state index in [4.69, 9.17) is 0 Å². The van der Waals surface area contributed by atoms with E-state index in [9.17, 15) is 0 Å². The quantitative estimate of drug-likeness (QED) is 0.736. The fraction of sp³-hybridized carbons (Fsp3) is 0.200. The van der Waals surface area contributed by atoms with Crippen LogP contribution in [0.15, 0.2) is 60.7 Å². The van der Waals surface area contributed by atoms with Crippen LogP contribution in [0.5, 0.6) is 0 Å². The van der Waals surface area contributed by atoms with E-state index in [0.29, 0.717) is 0 Å². The molecule has 0 atom stereocenters. The Kier molecular flexibility index (Phi) is 7.82. The van der Waals surface area contributed by atoms with Crippen molar-refractivity contribution in [3.8, 4) is 0 Å². The minimum absolute atomic E-state index is 0. The van der Waals surface area contributed by atoms with E-state index < -0.39 is 0 Å². The first-order chi connectivity index (χ1) is 7.45. The number of benzene rings is 2. The van der Waals surface area contributed by atoms with Crippen LogP contribution in [0.4, 0.5) is 0 Å². The number of rotatable bonds is 2. The molecular formula is C15H20O. The summed E-state index contributed by atoms with van der Waals surface area (Å²) in [7, 11) is 0. The zero-order valence-electron chi connectivity index (χ0n) is 9.98. The van der Waals surface area contributed by atoms with Gasteiger partial charge in [-0.25, -0.2) is 0 Å². The Morgan fingerprint density at radius 1 is 0.625 bits per heavy atom. The topological polar surface area (TPSA) is 31.5 Å². The number of hydrogen-bond donors (Lipinski definition) is 0. The molecule has 0 aromatic heterocycles. The highest BCUT2D eigenvalue weighted by Crippen LogP contribution is 2.07. The monoisotopic (exact) mass is 216 g/mol. The lowest BCUT2D eigenvalue weighted by atomic mass is 10.1. The Labute approximate surface area is 98.1 Å². The van der Waals surface area contributed by atoms with Crippen LogP contribution < -0.4 is 0 Å². The average Bonchev–Trinajstić information content (AvgIpc) is 2.34. The van der Waals surface area contributed by atoms with E-state index in [2.05, 4.69) is 60.7 Å². The Balaban J connectivity index is 0.000000711. The summed E-state index contributed by atoms with van der Waals surface area (Å²) in [4.78, 5) is 0. The number of hydrogen-bond acceptors (Lipinski definition) is 0. The van der Waals surface area contributed by atoms with Gasteiger partial charge in [-0.2, -0.15) is 0 Å². The molecule has 1 heteroatoms. The third-order valence-corrected chi connectivity index (χ3v) is 2.09. The predicted molar refractivity (Wildman–Crippen MR) is 70.7 cm³/mol. The van der Waals surface area contributed by atoms with Crippen LogP contribution in [0.2, 0.25) is 0 Å². The molecule has 0 fully saturated rings. The fourth-order valence-corrected chi connectivity index (χ4v) is 1.43. The molecule has 16 heavy (non-hydrogen) atoms. The van der Waals surface area contributed by atoms with Crippen molar-refractivity contribution in [2.24, 2.45) is 0 Å². The van der Waals surface area contributed by atoms with Crippen molar-refractivity contribution in [3.05, 3.63) is 71.8 Å². The van der Waals surface area contributed by atoms with Crippen LogP contribution in [0.3, 0.4) is 0 Å². The van der Waals surface area contributed by atoms with Crippen molar-refractivity contribution in [2.45, 2.75) is 20.3 Å². The Bertz CT molecular complexity index is 316. The molecule has 0 amide bonds. The highest BCUT2D eigenvalue weighted by molar-refractivity contribution is 5.25. The summed E-state index contributed by atoms with van der Waals surface area (Å²) in [5.74, 6) is 0. The van der Waals surface area contributed by atoms with Crippen LogP contribution in [0.1, 0.15) is 25.0 Å². The zero-order valence-corrected chi connectivity index (χ0v) is 9.98. The second kappa shape index (κ2) is 8.69. The molecule has 0 heterocycles. The molecule has 0 saturated carbocycles. The van der Waals surface area contributed by atoms with E-state index >= 15 is 0 Å². The molecule has 0 unspecified atom stereocenters. The first kappa shape index (κ1) is 14.4. The van der Waals surface area contributed by atoms with Crippen LogP contribution >= 0.6 is 0 Å². The predicted octanol–water partition coefficient (Wildman–Crippen LogP) is 3.48. The van der Waals surface area contributed by atoms with Gasteiger partial charge in [0.2, 0.25) is 0 Å². The lowest BCUT2D eigenvalue weighted by Gasteiger charge is -2.00. The average molecular weight is 216 g/mol. The van der Waals surface area contributed by atoms with Crippen molar-refractivity contribution < 1.29 is 5.48 Å². The normalized spacial score (nSPS) is 8.38. The molecule has 2 N–H and O–H groups in total. The van der Waals surface area contributed by atoms with Crippen LogP contribution in [-0.4, -0.2) is 5.48 Å². The van der Waals surface area contributed by atoms with Crippen LogP contribution in [0.25, 0.3) is 0 Å². The van der Waals surface area contributed by atoms with Crippen molar-refractivity contribution in [2.75, 3.05) is 0 Å². The Morgan fingerprint density at radius 2 is 0.938 bits per heavy atom. The van der Waals surface area contributed by atoms with Gasteiger partial charge in [0.15, 0.2) is 0 Å². The molecule has 0 bridgehead atoms. The summed E-state index contributed by atoms with van der Waals surface area (Å²) >= 11 is 0. The van der Waals surface area contributed by atoms with Crippen LogP contribution in [0, 0.1) is 0 Å². The molecule has 0 spiro atoms. The lowest BCUT2D eigenvalue weighted by molar-refractivity contribution is 0.824. The molecule has 0 aliphatic heterocycles. The Hall–Kier alpha value is -1.60.